The van der Waals surface area contributed by atoms with Crippen molar-refractivity contribution >= 4 is 24.0 Å². The molecule has 4 aromatic rings. The van der Waals surface area contributed by atoms with Gasteiger partial charge < -0.3 is 38.9 Å². The molecule has 0 aliphatic carbocycles. The SMILES string of the molecule is C/C=C/c1ccc2n(c1=O)C[C@@H]1[C@@H](CO)[C@H](C(=O)N3CCN(C)CC3)N(Cc3ccccc3F)[C@H]21.C/C=C\c1ccc2n(c1=O)C[C@@H]1[C@@H](CO)[C@H](C(=O)N3CCN(C)CC3)N(Cc3ccccc3F)[C@H]21. The van der Waals surface area contributed by atoms with Gasteiger partial charge in [0.1, 0.15) is 11.6 Å². The Morgan fingerprint density at radius 1 is 0.571 bits per heavy atom. The first-order valence-electron chi connectivity index (χ1n) is 24.8. The number of rotatable bonds is 10. The quantitative estimate of drug-likeness (QED) is 0.241. The standard InChI is InChI=1S/2C27H33FN4O3/c2*1-3-6-18-9-10-23-24-20(16-31(23)26(18)34)21(17-33)25(27(35)30-13-11-29(2)12-14-30)32(24)15-19-7-4-5-8-22(19)28/h2*3-10,20-21,24-25,33H,11-17H2,1-2H3/b6-3+;6-3-/t2*20-,21-,24+,25-/m11/s1. The summed E-state index contributed by atoms with van der Waals surface area (Å²) in [4.78, 5) is 66.4. The van der Waals surface area contributed by atoms with Crippen molar-refractivity contribution in [3.05, 3.63) is 151 Å². The van der Waals surface area contributed by atoms with Gasteiger partial charge in [0, 0.05) is 149 Å². The molecule has 0 radical (unpaired) electrons. The van der Waals surface area contributed by atoms with Crippen LogP contribution in [0.15, 0.2) is 94.5 Å². The van der Waals surface area contributed by atoms with E-state index >= 15 is 0 Å². The van der Waals surface area contributed by atoms with Crippen LogP contribution in [0.5, 0.6) is 0 Å². The number of carbonyl (C=O) groups is 2. The van der Waals surface area contributed by atoms with Crippen LogP contribution < -0.4 is 11.1 Å². The number of amides is 2. The van der Waals surface area contributed by atoms with E-state index in [-0.39, 0.29) is 96.6 Å². The van der Waals surface area contributed by atoms with Crippen molar-refractivity contribution in [2.24, 2.45) is 23.7 Å². The number of likely N-dealkylation sites (tertiary alicyclic amines) is 2. The molecule has 2 aromatic carbocycles. The first kappa shape index (κ1) is 49.4. The Hall–Kier alpha value is -5.62. The Morgan fingerprint density at radius 2 is 0.943 bits per heavy atom. The van der Waals surface area contributed by atoms with Gasteiger partial charge in [-0.05, 0) is 64.3 Å². The minimum atomic E-state index is -0.572. The number of piperazine rings is 2. The molecule has 0 bridgehead atoms. The van der Waals surface area contributed by atoms with Crippen LogP contribution in [-0.2, 0) is 35.8 Å². The lowest BCUT2D eigenvalue weighted by Crippen LogP contribution is -2.55. The highest BCUT2D eigenvalue weighted by Gasteiger charge is 2.58. The van der Waals surface area contributed by atoms with Crippen molar-refractivity contribution in [2.45, 2.75) is 64.2 Å². The van der Waals surface area contributed by atoms with E-state index in [0.717, 1.165) is 37.6 Å². The number of benzene rings is 2. The predicted octanol–water partition coefficient (Wildman–Crippen LogP) is 3.92. The molecule has 0 spiro atoms. The predicted molar refractivity (Wildman–Crippen MR) is 264 cm³/mol. The Kier molecular flexibility index (Phi) is 14.8. The molecule has 14 nitrogen and oxygen atoms in total. The van der Waals surface area contributed by atoms with Gasteiger partial charge in [-0.15, -0.1) is 0 Å². The van der Waals surface area contributed by atoms with Crippen molar-refractivity contribution in [1.82, 2.24) is 38.5 Å². The molecule has 372 valence electrons. The van der Waals surface area contributed by atoms with E-state index < -0.39 is 12.1 Å². The molecule has 6 aliphatic heterocycles. The van der Waals surface area contributed by atoms with E-state index in [1.165, 1.54) is 12.1 Å². The Balaban J connectivity index is 0.000000174. The number of fused-ring (bicyclic) bond motifs is 6. The van der Waals surface area contributed by atoms with Gasteiger partial charge in [-0.3, -0.25) is 29.0 Å². The van der Waals surface area contributed by atoms with Gasteiger partial charge in [-0.25, -0.2) is 8.78 Å². The maximum atomic E-state index is 14.7. The highest BCUT2D eigenvalue weighted by molar-refractivity contribution is 5.84. The lowest BCUT2D eigenvalue weighted by atomic mass is 9.88. The average Bonchev–Trinajstić information content (AvgIpc) is 4.10. The smallest absolute Gasteiger partial charge is 0.258 e. The van der Waals surface area contributed by atoms with Gasteiger partial charge in [-0.2, -0.15) is 0 Å². The van der Waals surface area contributed by atoms with Crippen LogP contribution in [0.25, 0.3) is 12.2 Å². The van der Waals surface area contributed by atoms with Crippen LogP contribution in [0.3, 0.4) is 0 Å². The van der Waals surface area contributed by atoms with Crippen LogP contribution in [0.4, 0.5) is 8.78 Å². The fourth-order valence-electron chi connectivity index (χ4n) is 12.3. The number of aliphatic hydroxyl groups is 2. The molecule has 4 saturated heterocycles. The Bertz CT molecular complexity index is 2560. The molecule has 4 fully saturated rings. The van der Waals surface area contributed by atoms with Crippen molar-refractivity contribution in [3.63, 3.8) is 0 Å². The number of halogens is 2. The van der Waals surface area contributed by atoms with Crippen molar-refractivity contribution in [2.75, 3.05) is 79.7 Å². The van der Waals surface area contributed by atoms with E-state index in [4.69, 9.17) is 0 Å². The third-order valence-corrected chi connectivity index (χ3v) is 15.9. The number of pyridine rings is 2. The van der Waals surface area contributed by atoms with Gasteiger partial charge in [0.2, 0.25) is 11.8 Å². The lowest BCUT2D eigenvalue weighted by molar-refractivity contribution is -0.141. The number of hydrogen-bond acceptors (Lipinski definition) is 10. The lowest BCUT2D eigenvalue weighted by Gasteiger charge is -2.38. The van der Waals surface area contributed by atoms with Gasteiger partial charge in [-0.1, -0.05) is 60.7 Å². The third kappa shape index (κ3) is 9.14. The fraction of sp³-hybridized carbons (Fsp3) is 0.481. The van der Waals surface area contributed by atoms with Crippen molar-refractivity contribution in [1.29, 1.82) is 0 Å². The van der Waals surface area contributed by atoms with Crippen LogP contribution in [0.1, 0.15) is 59.6 Å². The summed E-state index contributed by atoms with van der Waals surface area (Å²) in [7, 11) is 4.08. The number of nitrogens with zero attached hydrogens (tertiary/aromatic N) is 8. The Labute approximate surface area is 408 Å². The van der Waals surface area contributed by atoms with E-state index in [0.29, 0.717) is 61.5 Å². The molecule has 0 unspecified atom stereocenters. The van der Waals surface area contributed by atoms with Crippen molar-refractivity contribution in [3.8, 4) is 0 Å². The minimum absolute atomic E-state index is 0.0117. The Morgan fingerprint density at radius 3 is 1.29 bits per heavy atom. The second kappa shape index (κ2) is 21.0. The zero-order valence-corrected chi connectivity index (χ0v) is 40.6. The second-order valence-corrected chi connectivity index (χ2v) is 19.8. The summed E-state index contributed by atoms with van der Waals surface area (Å²) in [6.07, 6.45) is 7.27. The molecular formula is C54H66F2N8O6. The molecule has 0 saturated carbocycles. The van der Waals surface area contributed by atoms with E-state index in [2.05, 4.69) is 9.80 Å². The summed E-state index contributed by atoms with van der Waals surface area (Å²) in [5, 5.41) is 21.0. The minimum Gasteiger partial charge on any atom is -0.396 e. The number of likely N-dealkylation sites (N-methyl/N-ethyl adjacent to an activating group) is 2. The van der Waals surface area contributed by atoms with E-state index in [1.54, 1.807) is 57.7 Å². The maximum absolute atomic E-state index is 14.7. The molecule has 2 amide bonds. The van der Waals surface area contributed by atoms with Crippen LogP contribution in [0.2, 0.25) is 0 Å². The van der Waals surface area contributed by atoms with Crippen molar-refractivity contribution < 1.29 is 28.6 Å². The summed E-state index contributed by atoms with van der Waals surface area (Å²) in [6.45, 7) is 10.5. The van der Waals surface area contributed by atoms with Gasteiger partial charge >= 0.3 is 0 Å². The summed E-state index contributed by atoms with van der Waals surface area (Å²) in [6, 6.07) is 19.1. The van der Waals surface area contributed by atoms with E-state index in [1.807, 2.05) is 84.0 Å². The first-order valence-corrected chi connectivity index (χ1v) is 24.8. The number of hydrogen-bond donors (Lipinski definition) is 2. The second-order valence-electron chi connectivity index (χ2n) is 19.8. The third-order valence-electron chi connectivity index (χ3n) is 15.9. The summed E-state index contributed by atoms with van der Waals surface area (Å²) < 4.78 is 33.1. The van der Waals surface area contributed by atoms with Crippen LogP contribution in [-0.4, -0.2) is 152 Å². The summed E-state index contributed by atoms with van der Waals surface area (Å²) in [5.74, 6) is -1.57. The molecule has 16 heteroatoms. The van der Waals surface area contributed by atoms with Gasteiger partial charge in [0.15, 0.2) is 0 Å². The molecule has 2 aromatic heterocycles. The van der Waals surface area contributed by atoms with E-state index in [9.17, 15) is 38.2 Å². The molecular weight excluding hydrogens is 895 g/mol. The largest absolute Gasteiger partial charge is 0.396 e. The van der Waals surface area contributed by atoms with Gasteiger partial charge in [0.05, 0.1) is 24.2 Å². The number of aliphatic hydroxyl groups excluding tert-OH is 2. The van der Waals surface area contributed by atoms with Crippen LogP contribution in [0, 0.1) is 35.3 Å². The molecule has 8 atom stereocenters. The zero-order valence-electron chi connectivity index (χ0n) is 40.6. The van der Waals surface area contributed by atoms with Crippen LogP contribution >= 0.6 is 0 Å². The topological polar surface area (TPSA) is 138 Å². The maximum Gasteiger partial charge on any atom is 0.258 e. The molecule has 2 N–H and O–H groups in total. The number of carbonyl (C=O) groups excluding carboxylic acids is 2. The highest BCUT2D eigenvalue weighted by atomic mass is 19.1. The summed E-state index contributed by atoms with van der Waals surface area (Å²) >= 11 is 0. The zero-order chi connectivity index (χ0) is 49.4. The molecule has 6 aliphatic rings. The first-order chi connectivity index (χ1) is 33.9. The number of allylic oxidation sites excluding steroid dienone is 2. The average molecular weight is 961 g/mol. The monoisotopic (exact) mass is 961 g/mol. The molecule has 70 heavy (non-hydrogen) atoms. The fourth-order valence-corrected chi connectivity index (χ4v) is 12.3. The normalized spacial score (nSPS) is 26.9. The molecule has 10 rings (SSSR count). The highest BCUT2D eigenvalue weighted by Crippen LogP contribution is 2.52. The van der Waals surface area contributed by atoms with Gasteiger partial charge in [0.25, 0.3) is 11.1 Å². The molecule has 8 heterocycles. The summed E-state index contributed by atoms with van der Waals surface area (Å²) in [5.41, 5.74) is 3.76. The number of aromatic nitrogens is 2.